The number of nitrogens with one attached hydrogen (secondary N) is 1. The van der Waals surface area contributed by atoms with Crippen LogP contribution in [0.25, 0.3) is 0 Å². The fraction of sp³-hybridized carbons (Fsp3) is 0.769. The van der Waals surface area contributed by atoms with Crippen LogP contribution in [0.4, 0.5) is 0 Å². The van der Waals surface area contributed by atoms with E-state index in [1.807, 2.05) is 11.8 Å². The standard InChI is InChI=1S/C13H24N4O/c1-5-8-11-14-12(16-15-11)13(18)17(7-3)9-10(4)6-2/h10H,5-9H2,1-4H3,(H,14,15,16). The summed E-state index contributed by atoms with van der Waals surface area (Å²) >= 11 is 0. The van der Waals surface area contributed by atoms with Crippen molar-refractivity contribution < 1.29 is 4.79 Å². The maximum absolute atomic E-state index is 12.2. The van der Waals surface area contributed by atoms with Gasteiger partial charge in [-0.05, 0) is 19.3 Å². The number of aromatic amines is 1. The minimum absolute atomic E-state index is 0.0728. The first-order valence-electron chi connectivity index (χ1n) is 6.82. The van der Waals surface area contributed by atoms with E-state index in [9.17, 15) is 4.79 Å². The van der Waals surface area contributed by atoms with Gasteiger partial charge in [0.1, 0.15) is 5.82 Å². The van der Waals surface area contributed by atoms with Crippen molar-refractivity contribution in [1.82, 2.24) is 20.1 Å². The quantitative estimate of drug-likeness (QED) is 0.809. The van der Waals surface area contributed by atoms with Crippen molar-refractivity contribution in [3.05, 3.63) is 11.6 Å². The first-order valence-corrected chi connectivity index (χ1v) is 6.82. The van der Waals surface area contributed by atoms with Gasteiger partial charge >= 0.3 is 0 Å². The molecule has 0 bridgehead atoms. The minimum Gasteiger partial charge on any atom is -0.336 e. The summed E-state index contributed by atoms with van der Waals surface area (Å²) in [6.45, 7) is 9.81. The number of aryl methyl sites for hydroxylation is 1. The van der Waals surface area contributed by atoms with Crippen LogP contribution >= 0.6 is 0 Å². The smallest absolute Gasteiger partial charge is 0.293 e. The summed E-state index contributed by atoms with van der Waals surface area (Å²) < 4.78 is 0. The molecule has 0 saturated carbocycles. The summed E-state index contributed by atoms with van der Waals surface area (Å²) in [4.78, 5) is 18.3. The molecule has 102 valence electrons. The van der Waals surface area contributed by atoms with E-state index in [-0.39, 0.29) is 5.91 Å². The number of hydrogen-bond donors (Lipinski definition) is 1. The Morgan fingerprint density at radius 2 is 2.11 bits per heavy atom. The summed E-state index contributed by atoms with van der Waals surface area (Å²) in [5.74, 6) is 1.52. The van der Waals surface area contributed by atoms with Crippen LogP contribution < -0.4 is 0 Å². The molecule has 1 atom stereocenters. The van der Waals surface area contributed by atoms with E-state index in [0.717, 1.165) is 31.6 Å². The van der Waals surface area contributed by atoms with Gasteiger partial charge < -0.3 is 4.90 Å². The maximum atomic E-state index is 12.2. The summed E-state index contributed by atoms with van der Waals surface area (Å²) in [6, 6.07) is 0. The van der Waals surface area contributed by atoms with E-state index in [1.54, 1.807) is 0 Å². The third-order valence-electron chi connectivity index (χ3n) is 3.11. The zero-order valence-electron chi connectivity index (χ0n) is 11.9. The Morgan fingerprint density at radius 1 is 1.39 bits per heavy atom. The van der Waals surface area contributed by atoms with E-state index >= 15 is 0 Å². The Kier molecular flexibility index (Phi) is 5.82. The van der Waals surface area contributed by atoms with Crippen LogP contribution in [0.2, 0.25) is 0 Å². The molecule has 1 aromatic rings. The predicted octanol–water partition coefficient (Wildman–Crippen LogP) is 2.27. The fourth-order valence-corrected chi connectivity index (χ4v) is 1.74. The second kappa shape index (κ2) is 7.13. The van der Waals surface area contributed by atoms with Crippen LogP contribution in [0, 0.1) is 5.92 Å². The van der Waals surface area contributed by atoms with E-state index in [0.29, 0.717) is 18.3 Å². The zero-order chi connectivity index (χ0) is 13.5. The van der Waals surface area contributed by atoms with Gasteiger partial charge in [0, 0.05) is 19.5 Å². The van der Waals surface area contributed by atoms with Crippen molar-refractivity contribution >= 4 is 5.91 Å². The number of nitrogens with zero attached hydrogens (tertiary/aromatic N) is 3. The van der Waals surface area contributed by atoms with Gasteiger partial charge in [-0.25, -0.2) is 4.98 Å². The summed E-state index contributed by atoms with van der Waals surface area (Å²) in [7, 11) is 0. The van der Waals surface area contributed by atoms with Gasteiger partial charge in [0.05, 0.1) is 0 Å². The molecule has 0 aliphatic heterocycles. The molecule has 1 N–H and O–H groups in total. The lowest BCUT2D eigenvalue weighted by Crippen LogP contribution is -2.35. The van der Waals surface area contributed by atoms with Gasteiger partial charge in [-0.3, -0.25) is 9.89 Å². The maximum Gasteiger partial charge on any atom is 0.293 e. The molecule has 0 saturated heterocycles. The fourth-order valence-electron chi connectivity index (χ4n) is 1.74. The SMILES string of the molecule is CCCc1nc(C(=O)N(CC)CC(C)CC)n[nH]1. The van der Waals surface area contributed by atoms with Crippen LogP contribution in [0.5, 0.6) is 0 Å². The molecule has 1 heterocycles. The highest BCUT2D eigenvalue weighted by Crippen LogP contribution is 2.07. The average Bonchev–Trinajstić information content (AvgIpc) is 2.83. The molecular weight excluding hydrogens is 228 g/mol. The van der Waals surface area contributed by atoms with Crippen molar-refractivity contribution in [2.24, 2.45) is 5.92 Å². The molecule has 0 fully saturated rings. The van der Waals surface area contributed by atoms with Gasteiger partial charge in [-0.1, -0.05) is 27.2 Å². The van der Waals surface area contributed by atoms with Crippen LogP contribution in [0.1, 0.15) is 57.0 Å². The molecule has 5 nitrogen and oxygen atoms in total. The van der Waals surface area contributed by atoms with Crippen molar-refractivity contribution in [1.29, 1.82) is 0 Å². The van der Waals surface area contributed by atoms with Gasteiger partial charge in [-0.2, -0.15) is 0 Å². The molecule has 0 spiro atoms. The third-order valence-corrected chi connectivity index (χ3v) is 3.11. The zero-order valence-corrected chi connectivity index (χ0v) is 11.9. The first-order chi connectivity index (χ1) is 8.62. The summed E-state index contributed by atoms with van der Waals surface area (Å²) in [5, 5.41) is 6.83. The van der Waals surface area contributed by atoms with E-state index < -0.39 is 0 Å². The Hall–Kier alpha value is -1.39. The minimum atomic E-state index is -0.0728. The van der Waals surface area contributed by atoms with E-state index in [2.05, 4.69) is 36.0 Å². The number of aromatic nitrogens is 3. The molecule has 5 heteroatoms. The molecule has 1 rings (SSSR count). The highest BCUT2D eigenvalue weighted by Gasteiger charge is 2.20. The molecule has 1 aromatic heterocycles. The lowest BCUT2D eigenvalue weighted by Gasteiger charge is -2.22. The van der Waals surface area contributed by atoms with Crippen molar-refractivity contribution in [2.45, 2.75) is 47.0 Å². The van der Waals surface area contributed by atoms with Crippen LogP contribution in [-0.2, 0) is 6.42 Å². The number of amides is 1. The van der Waals surface area contributed by atoms with Crippen LogP contribution in [-0.4, -0.2) is 39.1 Å². The lowest BCUT2D eigenvalue weighted by atomic mass is 10.1. The second-order valence-electron chi connectivity index (χ2n) is 4.71. The normalized spacial score (nSPS) is 12.4. The highest BCUT2D eigenvalue weighted by atomic mass is 16.2. The molecule has 1 unspecified atom stereocenters. The van der Waals surface area contributed by atoms with Crippen LogP contribution in [0.3, 0.4) is 0 Å². The Morgan fingerprint density at radius 3 is 2.67 bits per heavy atom. The number of H-pyrrole nitrogens is 1. The largest absolute Gasteiger partial charge is 0.336 e. The molecule has 1 amide bonds. The molecule has 18 heavy (non-hydrogen) atoms. The Bertz CT molecular complexity index is 375. The molecule has 0 radical (unpaired) electrons. The van der Waals surface area contributed by atoms with Gasteiger partial charge in [0.2, 0.25) is 5.82 Å². The molecular formula is C13H24N4O. The number of rotatable bonds is 7. The second-order valence-corrected chi connectivity index (χ2v) is 4.71. The van der Waals surface area contributed by atoms with E-state index in [4.69, 9.17) is 0 Å². The topological polar surface area (TPSA) is 61.9 Å². The molecule has 0 aliphatic rings. The number of carbonyl (C=O) groups is 1. The van der Waals surface area contributed by atoms with Crippen LogP contribution in [0.15, 0.2) is 0 Å². The Balaban J connectivity index is 2.70. The predicted molar refractivity (Wildman–Crippen MR) is 71.4 cm³/mol. The van der Waals surface area contributed by atoms with Gasteiger partial charge in [0.25, 0.3) is 5.91 Å². The van der Waals surface area contributed by atoms with Gasteiger partial charge in [0.15, 0.2) is 0 Å². The number of hydrogen-bond acceptors (Lipinski definition) is 3. The molecule has 0 aliphatic carbocycles. The van der Waals surface area contributed by atoms with Gasteiger partial charge in [-0.15, -0.1) is 5.10 Å². The van der Waals surface area contributed by atoms with E-state index in [1.165, 1.54) is 0 Å². The molecule has 0 aromatic carbocycles. The average molecular weight is 252 g/mol. The Labute approximate surface area is 109 Å². The lowest BCUT2D eigenvalue weighted by molar-refractivity contribution is 0.0729. The first kappa shape index (κ1) is 14.7. The highest BCUT2D eigenvalue weighted by molar-refractivity contribution is 5.90. The van der Waals surface area contributed by atoms with Crippen molar-refractivity contribution in [3.8, 4) is 0 Å². The van der Waals surface area contributed by atoms with Crippen molar-refractivity contribution in [3.63, 3.8) is 0 Å². The monoisotopic (exact) mass is 252 g/mol. The van der Waals surface area contributed by atoms with Crippen molar-refractivity contribution in [2.75, 3.05) is 13.1 Å². The summed E-state index contributed by atoms with van der Waals surface area (Å²) in [6.07, 6.45) is 2.89. The third kappa shape index (κ3) is 3.82. The summed E-state index contributed by atoms with van der Waals surface area (Å²) in [5.41, 5.74) is 0. The number of carbonyl (C=O) groups excluding carboxylic acids is 1.